The highest BCUT2D eigenvalue weighted by atomic mass is 16.5. The highest BCUT2D eigenvalue weighted by Crippen LogP contribution is 2.49. The molecule has 3 nitrogen and oxygen atoms in total. The molecule has 0 amide bonds. The second kappa shape index (κ2) is 10.0. The van der Waals surface area contributed by atoms with Crippen LogP contribution in [0, 0.1) is 18.3 Å². The molecule has 0 saturated carbocycles. The molecule has 1 heterocycles. The minimum atomic E-state index is 0.0799. The topological polar surface area (TPSA) is 32.7 Å². The Hall–Kier alpha value is -3.20. The van der Waals surface area contributed by atoms with Gasteiger partial charge in [0.05, 0.1) is 0 Å². The van der Waals surface area contributed by atoms with Crippen LogP contribution in [0.5, 0.6) is 11.5 Å². The van der Waals surface area contributed by atoms with Crippen molar-refractivity contribution in [1.29, 1.82) is 0 Å². The molecule has 0 bridgehead atoms. The number of ether oxygens (including phenoxy) is 1. The fraction of sp³-hybridized carbons (Fsp3) is 0.394. The third-order valence-corrected chi connectivity index (χ3v) is 8.20. The number of fused-ring (bicyclic) bond motifs is 1. The molecule has 0 radical (unpaired) electrons. The van der Waals surface area contributed by atoms with Crippen LogP contribution in [-0.4, -0.2) is 23.1 Å². The second-order valence-corrected chi connectivity index (χ2v) is 11.3. The number of likely N-dealkylation sites (tertiary alicyclic amines) is 1. The molecule has 1 atom stereocenters. The summed E-state index contributed by atoms with van der Waals surface area (Å²) in [6, 6.07) is 23.3. The van der Waals surface area contributed by atoms with E-state index in [9.17, 15) is 5.11 Å². The Labute approximate surface area is 216 Å². The average molecular weight is 482 g/mol. The summed E-state index contributed by atoms with van der Waals surface area (Å²) in [4.78, 5) is 2.40. The Morgan fingerprint density at radius 3 is 2.50 bits per heavy atom. The van der Waals surface area contributed by atoms with Gasteiger partial charge in [0.1, 0.15) is 17.6 Å². The standard InChI is InChI=1S/C33H39NO2/c1-23(2)19-27-14-13-26(20-30(27)35)25(4)34-17-15-33(16-18-34)21-28-10-6-7-11-29(28)32(22-33)36-31-12-8-5-9-24(31)3/h5-14,20,23,32,35H,4,15-19,21-22H2,1-3H3. The summed E-state index contributed by atoms with van der Waals surface area (Å²) in [5.74, 6) is 1.89. The fourth-order valence-electron chi connectivity index (χ4n) is 6.11. The quantitative estimate of drug-likeness (QED) is 0.391. The first-order chi connectivity index (χ1) is 17.3. The maximum atomic E-state index is 10.6. The maximum absolute atomic E-state index is 10.6. The molecule has 1 aliphatic carbocycles. The Bertz CT molecular complexity index is 1240. The molecule has 5 rings (SSSR count). The van der Waals surface area contributed by atoms with E-state index in [1.807, 2.05) is 6.07 Å². The van der Waals surface area contributed by atoms with Gasteiger partial charge in [0.2, 0.25) is 0 Å². The molecule has 1 spiro atoms. The smallest absolute Gasteiger partial charge is 0.125 e. The first-order valence-electron chi connectivity index (χ1n) is 13.4. The molecule has 2 aliphatic rings. The van der Waals surface area contributed by atoms with Crippen molar-refractivity contribution in [3.05, 3.63) is 101 Å². The molecule has 188 valence electrons. The maximum Gasteiger partial charge on any atom is 0.125 e. The van der Waals surface area contributed by atoms with Crippen molar-refractivity contribution in [2.24, 2.45) is 11.3 Å². The van der Waals surface area contributed by atoms with E-state index in [2.05, 4.69) is 92.9 Å². The number of aromatic hydroxyl groups is 1. The predicted octanol–water partition coefficient (Wildman–Crippen LogP) is 7.72. The van der Waals surface area contributed by atoms with Gasteiger partial charge in [-0.1, -0.05) is 75.0 Å². The summed E-state index contributed by atoms with van der Waals surface area (Å²) in [6.45, 7) is 12.9. The highest BCUT2D eigenvalue weighted by molar-refractivity contribution is 5.64. The molecule has 0 aromatic heterocycles. The SMILES string of the molecule is C=C(c1ccc(CC(C)C)c(O)c1)N1CCC2(CC1)Cc1ccccc1C(Oc1ccccc1C)C2. The van der Waals surface area contributed by atoms with E-state index in [0.717, 1.165) is 67.8 Å². The lowest BCUT2D eigenvalue weighted by Gasteiger charge is -2.48. The Morgan fingerprint density at radius 1 is 1.06 bits per heavy atom. The van der Waals surface area contributed by atoms with E-state index in [4.69, 9.17) is 4.74 Å². The van der Waals surface area contributed by atoms with Crippen LogP contribution in [0.2, 0.25) is 0 Å². The van der Waals surface area contributed by atoms with Crippen LogP contribution >= 0.6 is 0 Å². The van der Waals surface area contributed by atoms with Crippen LogP contribution < -0.4 is 4.74 Å². The monoisotopic (exact) mass is 481 g/mol. The van der Waals surface area contributed by atoms with Crippen molar-refractivity contribution < 1.29 is 9.84 Å². The fourth-order valence-corrected chi connectivity index (χ4v) is 6.11. The first-order valence-corrected chi connectivity index (χ1v) is 13.4. The first kappa shape index (κ1) is 24.5. The molecule has 3 aromatic rings. The molecule has 1 N–H and O–H groups in total. The zero-order valence-electron chi connectivity index (χ0n) is 22.0. The number of phenolic OH excluding ortho intramolecular Hbond substituents is 1. The Kier molecular flexibility index (Phi) is 6.83. The molecule has 1 aliphatic heterocycles. The van der Waals surface area contributed by atoms with Gasteiger partial charge in [-0.3, -0.25) is 0 Å². The number of phenols is 1. The molecule has 1 fully saturated rings. The van der Waals surface area contributed by atoms with Gasteiger partial charge in [-0.2, -0.15) is 0 Å². The summed E-state index contributed by atoms with van der Waals surface area (Å²) in [5, 5.41) is 10.6. The summed E-state index contributed by atoms with van der Waals surface area (Å²) in [5.41, 5.74) is 7.24. The van der Waals surface area contributed by atoms with Crippen LogP contribution in [0.15, 0.2) is 73.3 Å². The van der Waals surface area contributed by atoms with Crippen LogP contribution in [0.25, 0.3) is 5.70 Å². The van der Waals surface area contributed by atoms with E-state index in [1.54, 1.807) is 0 Å². The molecule has 3 heteroatoms. The predicted molar refractivity (Wildman–Crippen MR) is 148 cm³/mol. The van der Waals surface area contributed by atoms with E-state index >= 15 is 0 Å². The number of aryl methyl sites for hydroxylation is 1. The van der Waals surface area contributed by atoms with E-state index < -0.39 is 0 Å². The lowest BCUT2D eigenvalue weighted by atomic mass is 9.65. The van der Waals surface area contributed by atoms with Gasteiger partial charge in [0.25, 0.3) is 0 Å². The number of rotatable bonds is 6. The molecule has 1 unspecified atom stereocenters. The summed E-state index contributed by atoms with van der Waals surface area (Å²) in [6.07, 6.45) is 5.36. The molecular formula is C33H39NO2. The van der Waals surface area contributed by atoms with Crippen LogP contribution in [0.3, 0.4) is 0 Å². The number of hydrogen-bond donors (Lipinski definition) is 1. The van der Waals surface area contributed by atoms with Gasteiger partial charge in [-0.15, -0.1) is 0 Å². The number of para-hydroxylation sites is 1. The molecule has 1 saturated heterocycles. The van der Waals surface area contributed by atoms with Crippen LogP contribution in [-0.2, 0) is 12.8 Å². The zero-order chi connectivity index (χ0) is 25.3. The third-order valence-electron chi connectivity index (χ3n) is 8.20. The number of piperidine rings is 1. The largest absolute Gasteiger partial charge is 0.508 e. The van der Waals surface area contributed by atoms with Crippen LogP contribution in [0.1, 0.15) is 67.0 Å². The lowest BCUT2D eigenvalue weighted by molar-refractivity contribution is 0.0535. The summed E-state index contributed by atoms with van der Waals surface area (Å²) >= 11 is 0. The minimum absolute atomic E-state index is 0.0799. The Balaban J connectivity index is 1.31. The lowest BCUT2D eigenvalue weighted by Crippen LogP contribution is -2.43. The van der Waals surface area contributed by atoms with Gasteiger partial charge >= 0.3 is 0 Å². The van der Waals surface area contributed by atoms with E-state index in [0.29, 0.717) is 11.7 Å². The van der Waals surface area contributed by atoms with Crippen molar-refractivity contribution >= 4 is 5.70 Å². The highest BCUT2D eigenvalue weighted by Gasteiger charge is 2.42. The molecule has 36 heavy (non-hydrogen) atoms. The van der Waals surface area contributed by atoms with Crippen molar-refractivity contribution in [2.45, 2.75) is 59.0 Å². The third kappa shape index (κ3) is 5.02. The van der Waals surface area contributed by atoms with E-state index in [1.165, 1.54) is 16.7 Å². The van der Waals surface area contributed by atoms with E-state index in [-0.39, 0.29) is 11.5 Å². The summed E-state index contributed by atoms with van der Waals surface area (Å²) < 4.78 is 6.68. The Morgan fingerprint density at radius 2 is 1.78 bits per heavy atom. The zero-order valence-corrected chi connectivity index (χ0v) is 22.0. The minimum Gasteiger partial charge on any atom is -0.508 e. The van der Waals surface area contributed by atoms with Crippen molar-refractivity contribution in [3.8, 4) is 11.5 Å². The van der Waals surface area contributed by atoms with Gasteiger partial charge in [-0.25, -0.2) is 0 Å². The van der Waals surface area contributed by atoms with Gasteiger partial charge in [0, 0.05) is 24.4 Å². The van der Waals surface area contributed by atoms with Crippen molar-refractivity contribution in [3.63, 3.8) is 0 Å². The van der Waals surface area contributed by atoms with Crippen LogP contribution in [0.4, 0.5) is 0 Å². The molecule has 3 aromatic carbocycles. The van der Waals surface area contributed by atoms with Crippen molar-refractivity contribution in [1.82, 2.24) is 4.90 Å². The molecular weight excluding hydrogens is 442 g/mol. The van der Waals surface area contributed by atoms with Gasteiger partial charge in [-0.05, 0) is 84.7 Å². The number of hydrogen-bond acceptors (Lipinski definition) is 3. The number of benzene rings is 3. The van der Waals surface area contributed by atoms with Crippen molar-refractivity contribution in [2.75, 3.05) is 13.1 Å². The average Bonchev–Trinajstić information content (AvgIpc) is 2.86. The number of nitrogens with zero attached hydrogens (tertiary/aromatic N) is 1. The second-order valence-electron chi connectivity index (χ2n) is 11.3. The summed E-state index contributed by atoms with van der Waals surface area (Å²) in [7, 11) is 0. The van der Waals surface area contributed by atoms with Gasteiger partial charge in [0.15, 0.2) is 0 Å². The van der Waals surface area contributed by atoms with Gasteiger partial charge < -0.3 is 14.7 Å². The normalized spacial score (nSPS) is 18.8.